The SMILES string of the molecule is C#CCCC1(CCOC(=O)NC2CC(O[C@H]3C[C@](O)(CC(C)=O)Cc4c(O)c5c(c(O)c43)C(=O)c3c(OC)cccc3C5=O)OC(C)C2O)NN1. The van der Waals surface area contributed by atoms with Gasteiger partial charge in [-0.2, -0.15) is 0 Å². The van der Waals surface area contributed by atoms with Crippen LogP contribution in [0.1, 0.15) is 101 Å². The van der Waals surface area contributed by atoms with Crippen LogP contribution in [0.15, 0.2) is 18.2 Å². The molecule has 6 atom stereocenters. The average molecular weight is 708 g/mol. The summed E-state index contributed by atoms with van der Waals surface area (Å²) in [5.41, 5.74) is 2.71. The number of nitrogens with one attached hydrogen (secondary N) is 3. The summed E-state index contributed by atoms with van der Waals surface area (Å²) in [6, 6.07) is 3.51. The predicted molar refractivity (Wildman–Crippen MR) is 177 cm³/mol. The number of Topliss-reactive ketones (excluding diaryl/α,β-unsaturated/α-hetero) is 1. The number of hydrazine groups is 1. The molecule has 0 bridgehead atoms. The third kappa shape index (κ3) is 6.90. The third-order valence-corrected chi connectivity index (χ3v) is 9.99. The summed E-state index contributed by atoms with van der Waals surface area (Å²) >= 11 is 0. The van der Waals surface area contributed by atoms with Gasteiger partial charge in [-0.15, -0.1) is 12.3 Å². The molecule has 2 heterocycles. The van der Waals surface area contributed by atoms with E-state index in [9.17, 15) is 39.6 Å². The molecule has 4 aliphatic rings. The molecule has 272 valence electrons. The molecule has 2 saturated heterocycles. The number of aliphatic hydroxyl groups is 2. The van der Waals surface area contributed by atoms with Crippen molar-refractivity contribution in [3.8, 4) is 29.6 Å². The van der Waals surface area contributed by atoms with Gasteiger partial charge >= 0.3 is 6.09 Å². The van der Waals surface area contributed by atoms with E-state index in [0.717, 1.165) is 0 Å². The molecule has 0 spiro atoms. The number of alkyl carbamates (subject to hydrolysis) is 1. The molecule has 15 nitrogen and oxygen atoms in total. The number of rotatable bonds is 11. The van der Waals surface area contributed by atoms with Crippen molar-refractivity contribution in [2.75, 3.05) is 13.7 Å². The fourth-order valence-corrected chi connectivity index (χ4v) is 7.43. The van der Waals surface area contributed by atoms with Crippen LogP contribution < -0.4 is 20.9 Å². The molecule has 2 aromatic rings. The van der Waals surface area contributed by atoms with E-state index < -0.39 is 82.2 Å². The Bertz CT molecular complexity index is 1820. The number of aliphatic hydroxyl groups excluding tert-OH is 1. The molecule has 2 aliphatic carbocycles. The second kappa shape index (κ2) is 13.9. The molecule has 0 aromatic heterocycles. The normalized spacial score (nSPS) is 27.3. The van der Waals surface area contributed by atoms with Gasteiger partial charge in [-0.25, -0.2) is 15.6 Å². The molecule has 15 heteroatoms. The van der Waals surface area contributed by atoms with E-state index >= 15 is 0 Å². The van der Waals surface area contributed by atoms with Crippen molar-refractivity contribution in [2.24, 2.45) is 0 Å². The van der Waals surface area contributed by atoms with Crippen LogP contribution in [0.2, 0.25) is 0 Å². The van der Waals surface area contributed by atoms with Gasteiger partial charge in [0.1, 0.15) is 29.1 Å². The largest absolute Gasteiger partial charge is 0.507 e. The van der Waals surface area contributed by atoms with Gasteiger partial charge in [0.05, 0.1) is 59.9 Å². The van der Waals surface area contributed by atoms with Gasteiger partial charge in [0, 0.05) is 55.2 Å². The number of carbonyl (C=O) groups excluding carboxylic acids is 4. The molecule has 7 N–H and O–H groups in total. The first kappa shape index (κ1) is 36.2. The van der Waals surface area contributed by atoms with Crippen molar-refractivity contribution in [1.82, 2.24) is 16.2 Å². The lowest BCUT2D eigenvalue weighted by atomic mass is 9.71. The van der Waals surface area contributed by atoms with Gasteiger partial charge in [-0.1, -0.05) is 12.1 Å². The smallest absolute Gasteiger partial charge is 0.407 e. The molecule has 0 radical (unpaired) electrons. The number of carbonyl (C=O) groups is 4. The fraction of sp³-hybridized carbons (Fsp3) is 0.500. The van der Waals surface area contributed by atoms with Crippen LogP contribution in [0.25, 0.3) is 0 Å². The Labute approximate surface area is 293 Å². The maximum atomic E-state index is 13.9. The molecule has 51 heavy (non-hydrogen) atoms. The molecular formula is C36H41N3O12. The van der Waals surface area contributed by atoms with E-state index in [4.69, 9.17) is 25.4 Å². The Morgan fingerprint density at radius 2 is 1.84 bits per heavy atom. The van der Waals surface area contributed by atoms with Gasteiger partial charge in [0.15, 0.2) is 12.1 Å². The summed E-state index contributed by atoms with van der Waals surface area (Å²) in [5.74, 6) is -0.464. The molecule has 2 aromatic carbocycles. The van der Waals surface area contributed by atoms with Crippen LogP contribution in [-0.4, -0.2) is 93.4 Å². The molecule has 1 amide bonds. The van der Waals surface area contributed by atoms with Crippen molar-refractivity contribution in [2.45, 2.75) is 101 Å². The highest BCUT2D eigenvalue weighted by molar-refractivity contribution is 6.31. The van der Waals surface area contributed by atoms with Gasteiger partial charge in [0.25, 0.3) is 0 Å². The zero-order chi connectivity index (χ0) is 36.8. The van der Waals surface area contributed by atoms with Gasteiger partial charge in [-0.3, -0.25) is 14.4 Å². The number of hydrogen-bond acceptors (Lipinski definition) is 14. The van der Waals surface area contributed by atoms with E-state index in [2.05, 4.69) is 22.1 Å². The Morgan fingerprint density at radius 3 is 2.51 bits per heavy atom. The lowest BCUT2D eigenvalue weighted by Gasteiger charge is -2.43. The van der Waals surface area contributed by atoms with Crippen LogP contribution in [-0.2, 0) is 25.4 Å². The summed E-state index contributed by atoms with van der Waals surface area (Å²) in [6.45, 7) is 2.91. The second-order valence-corrected chi connectivity index (χ2v) is 13.7. The molecule has 2 fully saturated rings. The highest BCUT2D eigenvalue weighted by Gasteiger charge is 2.48. The molecule has 2 aliphatic heterocycles. The number of amides is 1. The minimum atomic E-state index is -1.78. The Hall–Kier alpha value is -4.56. The van der Waals surface area contributed by atoms with E-state index in [1.54, 1.807) is 6.92 Å². The topological polar surface area (TPSA) is 242 Å². The van der Waals surface area contributed by atoms with Gasteiger partial charge in [0.2, 0.25) is 5.78 Å². The zero-order valence-electron chi connectivity index (χ0n) is 28.4. The second-order valence-electron chi connectivity index (χ2n) is 13.7. The van der Waals surface area contributed by atoms with Crippen LogP contribution in [0.4, 0.5) is 4.79 Å². The maximum absolute atomic E-state index is 13.9. The van der Waals surface area contributed by atoms with Crippen molar-refractivity contribution in [3.63, 3.8) is 0 Å². The Kier molecular flexibility index (Phi) is 9.85. The van der Waals surface area contributed by atoms with Crippen LogP contribution in [0, 0.1) is 12.3 Å². The van der Waals surface area contributed by atoms with E-state index in [-0.39, 0.29) is 66.1 Å². The molecule has 6 rings (SSSR count). The van der Waals surface area contributed by atoms with Crippen molar-refractivity contribution >= 4 is 23.4 Å². The molecule has 0 saturated carbocycles. The van der Waals surface area contributed by atoms with Gasteiger partial charge < -0.3 is 44.7 Å². The third-order valence-electron chi connectivity index (χ3n) is 9.99. The Balaban J connectivity index is 1.28. The summed E-state index contributed by atoms with van der Waals surface area (Å²) in [7, 11) is 1.33. The van der Waals surface area contributed by atoms with Crippen LogP contribution in [0.3, 0.4) is 0 Å². The number of phenols is 2. The van der Waals surface area contributed by atoms with Crippen molar-refractivity contribution in [3.05, 3.63) is 51.6 Å². The van der Waals surface area contributed by atoms with E-state index in [0.29, 0.717) is 19.3 Å². The highest BCUT2D eigenvalue weighted by Crippen LogP contribution is 2.53. The number of terminal acetylenes is 1. The lowest BCUT2D eigenvalue weighted by Crippen LogP contribution is -2.55. The number of aromatic hydroxyl groups is 2. The minimum Gasteiger partial charge on any atom is -0.507 e. The number of hydrogen-bond donors (Lipinski definition) is 7. The lowest BCUT2D eigenvalue weighted by molar-refractivity contribution is -0.249. The van der Waals surface area contributed by atoms with Gasteiger partial charge in [-0.05, 0) is 26.3 Å². The maximum Gasteiger partial charge on any atom is 0.407 e. The van der Waals surface area contributed by atoms with E-state index in [1.165, 1.54) is 32.2 Å². The Morgan fingerprint density at radius 1 is 1.12 bits per heavy atom. The zero-order valence-corrected chi connectivity index (χ0v) is 28.4. The quantitative estimate of drug-likeness (QED) is 0.0854. The number of benzene rings is 2. The molecular weight excluding hydrogens is 666 g/mol. The monoisotopic (exact) mass is 707 g/mol. The van der Waals surface area contributed by atoms with Crippen LogP contribution in [0.5, 0.6) is 17.2 Å². The first-order chi connectivity index (χ1) is 24.2. The van der Waals surface area contributed by atoms with Crippen molar-refractivity contribution < 1.29 is 58.6 Å². The van der Waals surface area contributed by atoms with Crippen LogP contribution >= 0.6 is 0 Å². The molecule has 4 unspecified atom stereocenters. The minimum absolute atomic E-state index is 0.0337. The fourth-order valence-electron chi connectivity index (χ4n) is 7.43. The van der Waals surface area contributed by atoms with Crippen molar-refractivity contribution in [1.29, 1.82) is 0 Å². The standard InChI is InChI=1S/C36H41N3O12/c1-5-6-10-36(38-39-36)11-12-49-34(46)37-21-13-24(50-18(3)29(21)41)51-23-16-35(47,14-17(2)40)15-20-26(23)33(45)28-27(31(20)43)30(42)19-8-7-9-22(48-4)25(19)32(28)44/h1,7-9,18,21,23-24,29,38-39,41,43,45,47H,6,10-16H2,2-4H3,(H,37,46)/t18?,21?,23-,24?,29?,35-/m0/s1. The van der Waals surface area contributed by atoms with E-state index in [1.807, 2.05) is 0 Å². The first-order valence-electron chi connectivity index (χ1n) is 16.7. The predicted octanol–water partition coefficient (Wildman–Crippen LogP) is 1.79. The highest BCUT2D eigenvalue weighted by atomic mass is 16.7. The number of phenolic OH excluding ortho intramolecular Hbond substituents is 2. The number of ketones is 3. The number of fused-ring (bicyclic) bond motifs is 3. The summed E-state index contributed by atoms with van der Waals surface area (Å²) in [6.07, 6.45) is 0.671. The first-order valence-corrected chi connectivity index (χ1v) is 16.7. The summed E-state index contributed by atoms with van der Waals surface area (Å²) in [5, 5.41) is 48.6. The summed E-state index contributed by atoms with van der Waals surface area (Å²) < 4.78 is 22.9. The number of ether oxygens (including phenoxy) is 4. The summed E-state index contributed by atoms with van der Waals surface area (Å²) in [4.78, 5) is 52.7. The average Bonchev–Trinajstić information content (AvgIpc) is 3.84. The number of methoxy groups -OCH3 is 1.